The highest BCUT2D eigenvalue weighted by atomic mass is 16.2. The lowest BCUT2D eigenvalue weighted by Crippen LogP contribution is -2.39. The topological polar surface area (TPSA) is 58.1 Å². The first-order valence-electron chi connectivity index (χ1n) is 7.12. The summed E-state index contributed by atoms with van der Waals surface area (Å²) in [7, 11) is 0. The summed E-state index contributed by atoms with van der Waals surface area (Å²) in [5.41, 5.74) is 0.454. The Labute approximate surface area is 113 Å². The molecule has 2 aliphatic rings. The molecule has 2 heterocycles. The van der Waals surface area contributed by atoms with E-state index < -0.39 is 0 Å². The SMILES string of the molecule is CC1CCCN(C(=O)c2ccc(NC3CC3)nn2)C1. The molecular weight excluding hydrogens is 240 g/mol. The Hall–Kier alpha value is -1.65. The molecule has 0 bridgehead atoms. The van der Waals surface area contributed by atoms with Crippen LogP contribution in [0.15, 0.2) is 12.1 Å². The fourth-order valence-corrected chi connectivity index (χ4v) is 2.50. The molecule has 1 atom stereocenters. The molecule has 1 aliphatic carbocycles. The highest BCUT2D eigenvalue weighted by molar-refractivity contribution is 5.92. The van der Waals surface area contributed by atoms with Crippen molar-refractivity contribution in [2.24, 2.45) is 5.92 Å². The van der Waals surface area contributed by atoms with E-state index in [1.165, 1.54) is 19.3 Å². The number of piperidine rings is 1. The number of anilines is 1. The van der Waals surface area contributed by atoms with E-state index in [1.807, 2.05) is 11.0 Å². The fraction of sp³-hybridized carbons (Fsp3) is 0.643. The van der Waals surface area contributed by atoms with Gasteiger partial charge in [-0.05, 0) is 43.7 Å². The minimum atomic E-state index is 0.0111. The molecule has 1 N–H and O–H groups in total. The third-order valence-electron chi connectivity index (χ3n) is 3.76. The smallest absolute Gasteiger partial charge is 0.274 e. The molecule has 1 aliphatic heterocycles. The number of nitrogens with one attached hydrogen (secondary N) is 1. The Morgan fingerprint density at radius 1 is 1.32 bits per heavy atom. The number of hydrogen-bond donors (Lipinski definition) is 1. The number of hydrogen-bond acceptors (Lipinski definition) is 4. The lowest BCUT2D eigenvalue weighted by molar-refractivity contribution is 0.0676. The van der Waals surface area contributed by atoms with Gasteiger partial charge in [-0.1, -0.05) is 6.92 Å². The van der Waals surface area contributed by atoms with E-state index >= 15 is 0 Å². The minimum Gasteiger partial charge on any atom is -0.366 e. The molecule has 0 spiro atoms. The van der Waals surface area contributed by atoms with Crippen LogP contribution in [0, 0.1) is 5.92 Å². The van der Waals surface area contributed by atoms with Crippen molar-refractivity contribution in [1.29, 1.82) is 0 Å². The normalized spacial score (nSPS) is 23.2. The molecular formula is C14H20N4O. The Morgan fingerprint density at radius 3 is 2.79 bits per heavy atom. The summed E-state index contributed by atoms with van der Waals surface area (Å²) in [6, 6.07) is 4.18. The van der Waals surface area contributed by atoms with Crippen LogP contribution in [0.1, 0.15) is 43.1 Å². The summed E-state index contributed by atoms with van der Waals surface area (Å²) in [6.07, 6.45) is 4.70. The molecule has 5 heteroatoms. The third kappa shape index (κ3) is 3.03. The maximum absolute atomic E-state index is 12.3. The molecule has 1 unspecified atom stereocenters. The summed E-state index contributed by atoms with van der Waals surface area (Å²) in [4.78, 5) is 14.2. The third-order valence-corrected chi connectivity index (χ3v) is 3.76. The van der Waals surface area contributed by atoms with Gasteiger partial charge in [0.05, 0.1) is 0 Å². The number of carbonyl (C=O) groups is 1. The number of nitrogens with zero attached hydrogens (tertiary/aromatic N) is 3. The zero-order valence-electron chi connectivity index (χ0n) is 11.3. The van der Waals surface area contributed by atoms with Gasteiger partial charge in [0, 0.05) is 19.1 Å². The van der Waals surface area contributed by atoms with Gasteiger partial charge in [-0.25, -0.2) is 0 Å². The molecule has 2 fully saturated rings. The van der Waals surface area contributed by atoms with Crippen LogP contribution in [0.25, 0.3) is 0 Å². The standard InChI is InChI=1S/C14H20N4O/c1-10-3-2-8-18(9-10)14(19)12-6-7-13(17-16-12)15-11-4-5-11/h6-7,10-11H,2-5,8-9H2,1H3,(H,15,17). The molecule has 1 aromatic heterocycles. The second kappa shape index (κ2) is 5.15. The predicted molar refractivity (Wildman–Crippen MR) is 73.0 cm³/mol. The van der Waals surface area contributed by atoms with E-state index in [0.29, 0.717) is 17.7 Å². The number of rotatable bonds is 3. The van der Waals surface area contributed by atoms with Crippen LogP contribution in [-0.2, 0) is 0 Å². The van der Waals surface area contributed by atoms with Crippen molar-refractivity contribution in [2.45, 2.75) is 38.6 Å². The maximum Gasteiger partial charge on any atom is 0.274 e. The van der Waals surface area contributed by atoms with Crippen LogP contribution in [-0.4, -0.2) is 40.1 Å². The van der Waals surface area contributed by atoms with E-state index in [2.05, 4.69) is 22.4 Å². The molecule has 1 amide bonds. The molecule has 0 radical (unpaired) electrons. The molecule has 3 rings (SSSR count). The molecule has 1 aromatic rings. The molecule has 102 valence electrons. The van der Waals surface area contributed by atoms with Gasteiger partial charge in [0.25, 0.3) is 5.91 Å². The van der Waals surface area contributed by atoms with Gasteiger partial charge < -0.3 is 10.2 Å². The van der Waals surface area contributed by atoms with Crippen LogP contribution in [0.3, 0.4) is 0 Å². The van der Waals surface area contributed by atoms with Crippen molar-refractivity contribution < 1.29 is 4.79 Å². The molecule has 19 heavy (non-hydrogen) atoms. The fourth-order valence-electron chi connectivity index (χ4n) is 2.50. The Kier molecular flexibility index (Phi) is 3.36. The molecule has 0 aromatic carbocycles. The van der Waals surface area contributed by atoms with Gasteiger partial charge in [-0.15, -0.1) is 10.2 Å². The van der Waals surface area contributed by atoms with Crippen LogP contribution in [0.2, 0.25) is 0 Å². The summed E-state index contributed by atoms with van der Waals surface area (Å²) < 4.78 is 0. The summed E-state index contributed by atoms with van der Waals surface area (Å²) in [6.45, 7) is 3.86. The maximum atomic E-state index is 12.3. The second-order valence-electron chi connectivity index (χ2n) is 5.72. The van der Waals surface area contributed by atoms with E-state index in [1.54, 1.807) is 6.07 Å². The average molecular weight is 260 g/mol. The lowest BCUT2D eigenvalue weighted by Gasteiger charge is -2.30. The van der Waals surface area contributed by atoms with E-state index in [-0.39, 0.29) is 5.91 Å². The van der Waals surface area contributed by atoms with Crippen molar-refractivity contribution >= 4 is 11.7 Å². The molecule has 1 saturated carbocycles. The second-order valence-corrected chi connectivity index (χ2v) is 5.72. The van der Waals surface area contributed by atoms with Gasteiger partial charge in [0.1, 0.15) is 5.82 Å². The number of aromatic nitrogens is 2. The summed E-state index contributed by atoms with van der Waals surface area (Å²) >= 11 is 0. The number of amides is 1. The van der Waals surface area contributed by atoms with Crippen LogP contribution in [0.4, 0.5) is 5.82 Å². The Bertz CT molecular complexity index is 455. The van der Waals surface area contributed by atoms with E-state index in [0.717, 1.165) is 25.3 Å². The van der Waals surface area contributed by atoms with E-state index in [4.69, 9.17) is 0 Å². The van der Waals surface area contributed by atoms with Crippen LogP contribution < -0.4 is 5.32 Å². The van der Waals surface area contributed by atoms with Crippen molar-refractivity contribution in [1.82, 2.24) is 15.1 Å². The number of likely N-dealkylation sites (tertiary alicyclic amines) is 1. The van der Waals surface area contributed by atoms with Crippen molar-refractivity contribution in [3.8, 4) is 0 Å². The van der Waals surface area contributed by atoms with Crippen molar-refractivity contribution in [2.75, 3.05) is 18.4 Å². The largest absolute Gasteiger partial charge is 0.366 e. The Balaban J connectivity index is 1.65. The van der Waals surface area contributed by atoms with Gasteiger partial charge in [0.2, 0.25) is 0 Å². The highest BCUT2D eigenvalue weighted by Crippen LogP contribution is 2.23. The van der Waals surface area contributed by atoms with Gasteiger partial charge in [-0.3, -0.25) is 4.79 Å². The van der Waals surface area contributed by atoms with Gasteiger partial charge >= 0.3 is 0 Å². The predicted octanol–water partition coefficient (Wildman–Crippen LogP) is 1.92. The van der Waals surface area contributed by atoms with Crippen molar-refractivity contribution in [3.05, 3.63) is 17.8 Å². The molecule has 5 nitrogen and oxygen atoms in total. The van der Waals surface area contributed by atoms with Crippen LogP contribution in [0.5, 0.6) is 0 Å². The highest BCUT2D eigenvalue weighted by Gasteiger charge is 2.24. The number of carbonyl (C=O) groups excluding carboxylic acids is 1. The first-order chi connectivity index (χ1) is 9.22. The summed E-state index contributed by atoms with van der Waals surface area (Å²) in [5, 5.41) is 11.4. The monoisotopic (exact) mass is 260 g/mol. The minimum absolute atomic E-state index is 0.0111. The van der Waals surface area contributed by atoms with E-state index in [9.17, 15) is 4.79 Å². The first-order valence-corrected chi connectivity index (χ1v) is 7.12. The summed E-state index contributed by atoms with van der Waals surface area (Å²) in [5.74, 6) is 1.37. The lowest BCUT2D eigenvalue weighted by atomic mass is 10.00. The zero-order chi connectivity index (χ0) is 13.2. The quantitative estimate of drug-likeness (QED) is 0.902. The zero-order valence-corrected chi connectivity index (χ0v) is 11.3. The van der Waals surface area contributed by atoms with Crippen molar-refractivity contribution in [3.63, 3.8) is 0 Å². The first kappa shape index (κ1) is 12.4. The van der Waals surface area contributed by atoms with Gasteiger partial charge in [0.15, 0.2) is 5.69 Å². The van der Waals surface area contributed by atoms with Crippen LogP contribution >= 0.6 is 0 Å². The molecule has 1 saturated heterocycles. The van der Waals surface area contributed by atoms with Gasteiger partial charge in [-0.2, -0.15) is 0 Å². The average Bonchev–Trinajstić information content (AvgIpc) is 3.23. The Morgan fingerprint density at radius 2 is 2.16 bits per heavy atom.